The molecular formula is C24H34NO4P. The van der Waals surface area contributed by atoms with Crippen LogP contribution in [-0.4, -0.2) is 30.9 Å². The zero-order valence-electron chi connectivity index (χ0n) is 18.9. The molecule has 0 fully saturated rings. The van der Waals surface area contributed by atoms with Crippen LogP contribution in [0.1, 0.15) is 60.1 Å². The summed E-state index contributed by atoms with van der Waals surface area (Å²) < 4.78 is 17.8. The van der Waals surface area contributed by atoms with Crippen LogP contribution in [0.5, 0.6) is 5.75 Å². The van der Waals surface area contributed by atoms with Gasteiger partial charge >= 0.3 is 5.97 Å². The van der Waals surface area contributed by atoms with Crippen LogP contribution in [0.25, 0.3) is 0 Å². The highest BCUT2D eigenvalue weighted by molar-refractivity contribution is 7.60. The monoisotopic (exact) mass is 431 g/mol. The quantitative estimate of drug-likeness (QED) is 0.417. The number of benzene rings is 2. The number of carbonyl (C=O) groups excluding carboxylic acids is 1. The molecular weight excluding hydrogens is 397 g/mol. The van der Waals surface area contributed by atoms with Crippen molar-refractivity contribution in [1.82, 2.24) is 5.09 Å². The summed E-state index contributed by atoms with van der Waals surface area (Å²) in [6, 6.07) is 9.97. The number of hydrogen-bond acceptors (Lipinski definition) is 4. The molecule has 164 valence electrons. The van der Waals surface area contributed by atoms with E-state index in [0.717, 1.165) is 34.2 Å². The zero-order valence-corrected chi connectivity index (χ0v) is 19.8. The third kappa shape index (κ3) is 6.72. The maximum Gasteiger partial charge on any atom is 0.320 e. The molecule has 2 rings (SSSR count). The fourth-order valence-electron chi connectivity index (χ4n) is 3.68. The Hall–Kier alpha value is -2.10. The third-order valence-electron chi connectivity index (χ3n) is 5.20. The summed E-state index contributed by atoms with van der Waals surface area (Å²) >= 11 is 0. The van der Waals surface area contributed by atoms with Crippen molar-refractivity contribution in [2.45, 2.75) is 53.1 Å². The molecule has 0 aliphatic carbocycles. The Balaban J connectivity index is 2.16. The first-order chi connectivity index (χ1) is 14.0. The van der Waals surface area contributed by atoms with Gasteiger partial charge in [0.1, 0.15) is 13.0 Å². The van der Waals surface area contributed by atoms with Gasteiger partial charge in [0.15, 0.2) is 0 Å². The Morgan fingerprint density at radius 1 is 1.13 bits per heavy atom. The van der Waals surface area contributed by atoms with Crippen molar-refractivity contribution >= 4 is 13.3 Å². The number of phenolic OH excluding ortho intramolecular Hbond substituents is 1. The Kier molecular flexibility index (Phi) is 8.28. The highest BCUT2D eigenvalue weighted by atomic mass is 31.2. The van der Waals surface area contributed by atoms with Crippen LogP contribution in [0.3, 0.4) is 0 Å². The van der Waals surface area contributed by atoms with Gasteiger partial charge in [0.25, 0.3) is 0 Å². The second kappa shape index (κ2) is 10.3. The molecule has 1 atom stereocenters. The summed E-state index contributed by atoms with van der Waals surface area (Å²) in [5, 5.41) is 12.9. The standard InChI is InChI=1S/C24H34NO4P/c1-7-29-24(27)14-25-30(6,28)15-20-10-17(4)22(18(5)11-20)13-19-8-9-23(26)21(12-19)16(2)3/h8-12,16,26H,7,13-15H2,1-6H3,(H,25,28). The first-order valence-electron chi connectivity index (χ1n) is 10.4. The van der Waals surface area contributed by atoms with Crippen molar-refractivity contribution < 1.29 is 19.2 Å². The minimum absolute atomic E-state index is 0.0449. The Bertz CT molecular complexity index is 929. The summed E-state index contributed by atoms with van der Waals surface area (Å²) in [6.45, 7) is 12.0. The zero-order chi connectivity index (χ0) is 22.5. The van der Waals surface area contributed by atoms with Crippen molar-refractivity contribution in [3.8, 4) is 5.75 Å². The van der Waals surface area contributed by atoms with Crippen LogP contribution in [0.15, 0.2) is 30.3 Å². The lowest BCUT2D eigenvalue weighted by Gasteiger charge is -2.18. The normalized spacial score (nSPS) is 13.3. The molecule has 0 aromatic heterocycles. The average Bonchev–Trinajstić information content (AvgIpc) is 2.64. The molecule has 5 nitrogen and oxygen atoms in total. The van der Waals surface area contributed by atoms with Crippen molar-refractivity contribution in [2.24, 2.45) is 0 Å². The van der Waals surface area contributed by atoms with Crippen LogP contribution >= 0.6 is 7.29 Å². The average molecular weight is 432 g/mol. The van der Waals surface area contributed by atoms with Gasteiger partial charge in [-0.3, -0.25) is 9.88 Å². The van der Waals surface area contributed by atoms with Gasteiger partial charge in [-0.2, -0.15) is 0 Å². The molecule has 2 aromatic carbocycles. The smallest absolute Gasteiger partial charge is 0.320 e. The van der Waals surface area contributed by atoms with E-state index in [-0.39, 0.29) is 12.5 Å². The minimum atomic E-state index is -2.72. The molecule has 0 aliphatic heterocycles. The number of esters is 1. The van der Waals surface area contributed by atoms with Gasteiger partial charge in [-0.05, 0) is 72.6 Å². The fourth-order valence-corrected chi connectivity index (χ4v) is 5.14. The highest BCUT2D eigenvalue weighted by Crippen LogP contribution is 2.41. The molecule has 0 radical (unpaired) electrons. The molecule has 0 heterocycles. The third-order valence-corrected chi connectivity index (χ3v) is 6.99. The molecule has 30 heavy (non-hydrogen) atoms. The van der Waals surface area contributed by atoms with Gasteiger partial charge in [0.2, 0.25) is 0 Å². The number of phenols is 1. The topological polar surface area (TPSA) is 75.6 Å². The first-order valence-corrected chi connectivity index (χ1v) is 12.7. The molecule has 2 aromatic rings. The molecule has 0 spiro atoms. The molecule has 0 aliphatic rings. The van der Waals surface area contributed by atoms with Gasteiger partial charge in [-0.1, -0.05) is 38.1 Å². The van der Waals surface area contributed by atoms with Gasteiger partial charge in [-0.15, -0.1) is 0 Å². The van der Waals surface area contributed by atoms with E-state index in [1.54, 1.807) is 19.7 Å². The van der Waals surface area contributed by atoms with Gasteiger partial charge in [0.05, 0.1) is 13.2 Å². The van der Waals surface area contributed by atoms with Gasteiger partial charge < -0.3 is 14.4 Å². The number of rotatable bonds is 9. The number of carbonyl (C=O) groups is 1. The van der Waals surface area contributed by atoms with Crippen LogP contribution in [0, 0.1) is 13.8 Å². The van der Waals surface area contributed by atoms with Gasteiger partial charge in [-0.25, -0.2) is 0 Å². The number of hydrogen-bond donors (Lipinski definition) is 2. The predicted molar refractivity (Wildman–Crippen MR) is 123 cm³/mol. The van der Waals surface area contributed by atoms with Crippen molar-refractivity contribution in [3.63, 3.8) is 0 Å². The molecule has 0 saturated carbocycles. The predicted octanol–water partition coefficient (Wildman–Crippen LogP) is 5.28. The lowest BCUT2D eigenvalue weighted by atomic mass is 9.92. The second-order valence-electron chi connectivity index (χ2n) is 8.33. The van der Waals surface area contributed by atoms with Crippen LogP contribution in [-0.2, 0) is 26.7 Å². The lowest BCUT2D eigenvalue weighted by Crippen LogP contribution is -2.22. The summed E-state index contributed by atoms with van der Waals surface area (Å²) in [4.78, 5) is 11.5. The lowest BCUT2D eigenvalue weighted by molar-refractivity contribution is -0.141. The van der Waals surface area contributed by atoms with E-state index in [4.69, 9.17) is 4.74 Å². The summed E-state index contributed by atoms with van der Waals surface area (Å²) in [6.07, 6.45) is 1.16. The van der Waals surface area contributed by atoms with E-state index in [9.17, 15) is 14.5 Å². The van der Waals surface area contributed by atoms with E-state index < -0.39 is 13.3 Å². The van der Waals surface area contributed by atoms with E-state index in [2.05, 4.69) is 51.0 Å². The second-order valence-corrected chi connectivity index (χ2v) is 11.2. The Morgan fingerprint density at radius 2 is 1.77 bits per heavy atom. The van der Waals surface area contributed by atoms with E-state index in [1.807, 2.05) is 6.07 Å². The van der Waals surface area contributed by atoms with E-state index in [0.29, 0.717) is 18.5 Å². The van der Waals surface area contributed by atoms with Crippen molar-refractivity contribution in [1.29, 1.82) is 0 Å². The number of aromatic hydroxyl groups is 1. The van der Waals surface area contributed by atoms with Gasteiger partial charge in [0, 0.05) is 12.8 Å². The van der Waals surface area contributed by atoms with Crippen LogP contribution in [0.2, 0.25) is 0 Å². The van der Waals surface area contributed by atoms with Crippen LogP contribution in [0.4, 0.5) is 0 Å². The number of nitrogens with one attached hydrogen (secondary N) is 1. The molecule has 0 saturated heterocycles. The number of aryl methyl sites for hydroxylation is 2. The summed E-state index contributed by atoms with van der Waals surface area (Å²) in [5.41, 5.74) is 6.64. The fraction of sp³-hybridized carbons (Fsp3) is 0.458. The summed E-state index contributed by atoms with van der Waals surface area (Å²) in [5.74, 6) is 0.207. The Morgan fingerprint density at radius 3 is 2.33 bits per heavy atom. The van der Waals surface area contributed by atoms with E-state index >= 15 is 0 Å². The van der Waals surface area contributed by atoms with Crippen molar-refractivity contribution in [2.75, 3.05) is 19.8 Å². The largest absolute Gasteiger partial charge is 0.508 e. The molecule has 0 bridgehead atoms. The first kappa shape index (κ1) is 24.2. The SMILES string of the molecule is CCOC(=O)CNP(C)(=O)Cc1cc(C)c(Cc2ccc(O)c(C(C)C)c2)c(C)c1. The molecule has 1 unspecified atom stereocenters. The Labute approximate surface area is 180 Å². The van der Waals surface area contributed by atoms with Crippen LogP contribution < -0.4 is 5.09 Å². The summed E-state index contributed by atoms with van der Waals surface area (Å²) in [7, 11) is -2.72. The minimum Gasteiger partial charge on any atom is -0.508 e. The molecule has 0 amide bonds. The molecule has 2 N–H and O–H groups in total. The maximum atomic E-state index is 12.9. The maximum absolute atomic E-state index is 12.9. The number of ether oxygens (including phenoxy) is 1. The highest BCUT2D eigenvalue weighted by Gasteiger charge is 2.19. The van der Waals surface area contributed by atoms with Crippen molar-refractivity contribution in [3.05, 3.63) is 63.7 Å². The molecule has 6 heteroatoms. The van der Waals surface area contributed by atoms with E-state index in [1.165, 1.54) is 5.56 Å².